The first-order valence-corrected chi connectivity index (χ1v) is 17.8. The summed E-state index contributed by atoms with van der Waals surface area (Å²) in [6.07, 6.45) is 0.873. The zero-order valence-corrected chi connectivity index (χ0v) is 29.8. The van der Waals surface area contributed by atoms with E-state index in [1.807, 2.05) is 51.1 Å². The molecule has 0 aliphatic rings. The topological polar surface area (TPSA) is 86.8 Å². The predicted octanol–water partition coefficient (Wildman–Crippen LogP) is 8.01. The number of aryl methyl sites for hydroxylation is 2. The fraction of sp³-hybridized carbons (Fsp3) is 0.278. The number of benzene rings is 4. The molecule has 0 radical (unpaired) electrons. The molecule has 248 valence electrons. The van der Waals surface area contributed by atoms with Gasteiger partial charge in [-0.1, -0.05) is 102 Å². The molecule has 2 amide bonds. The maximum Gasteiger partial charge on any atom is 0.264 e. The van der Waals surface area contributed by atoms with Gasteiger partial charge in [-0.15, -0.1) is 0 Å². The van der Waals surface area contributed by atoms with E-state index in [1.165, 1.54) is 23.1 Å². The molecule has 0 spiro atoms. The highest BCUT2D eigenvalue weighted by Gasteiger charge is 2.35. The molecule has 2 atom stereocenters. The van der Waals surface area contributed by atoms with Crippen molar-refractivity contribution in [2.24, 2.45) is 0 Å². The van der Waals surface area contributed by atoms with Gasteiger partial charge in [0, 0.05) is 24.0 Å². The molecular weight excluding hydrogens is 677 g/mol. The molecule has 0 unspecified atom stereocenters. The van der Waals surface area contributed by atoms with Gasteiger partial charge in [0.1, 0.15) is 12.6 Å². The fourth-order valence-electron chi connectivity index (χ4n) is 5.03. The molecular formula is C36H38Cl3N3O4S. The molecule has 7 nitrogen and oxygen atoms in total. The minimum absolute atomic E-state index is 0.0154. The van der Waals surface area contributed by atoms with Gasteiger partial charge in [0.05, 0.1) is 20.6 Å². The minimum atomic E-state index is -4.26. The summed E-state index contributed by atoms with van der Waals surface area (Å²) in [6.45, 7) is 6.82. The second kappa shape index (κ2) is 16.0. The zero-order chi connectivity index (χ0) is 34.3. The number of nitrogens with zero attached hydrogens (tertiary/aromatic N) is 2. The highest BCUT2D eigenvalue weighted by atomic mass is 35.5. The Balaban J connectivity index is 1.85. The number of sulfonamides is 1. The van der Waals surface area contributed by atoms with Crippen LogP contribution < -0.4 is 9.62 Å². The van der Waals surface area contributed by atoms with E-state index in [-0.39, 0.29) is 35.5 Å². The van der Waals surface area contributed by atoms with Crippen LogP contribution in [-0.4, -0.2) is 43.8 Å². The molecule has 0 saturated heterocycles. The van der Waals surface area contributed by atoms with E-state index in [4.69, 9.17) is 34.8 Å². The second-order valence-corrected chi connectivity index (χ2v) is 14.7. The smallest absolute Gasteiger partial charge is 0.264 e. The number of hydrogen-bond donors (Lipinski definition) is 1. The van der Waals surface area contributed by atoms with Crippen LogP contribution in [0, 0.1) is 13.8 Å². The average molecular weight is 715 g/mol. The molecule has 4 rings (SSSR count). The Morgan fingerprint density at radius 2 is 1.51 bits per heavy atom. The highest BCUT2D eigenvalue weighted by molar-refractivity contribution is 7.92. The quantitative estimate of drug-likeness (QED) is 0.152. The molecule has 0 bridgehead atoms. The highest BCUT2D eigenvalue weighted by Crippen LogP contribution is 2.31. The van der Waals surface area contributed by atoms with E-state index in [0.717, 1.165) is 15.4 Å². The summed E-state index contributed by atoms with van der Waals surface area (Å²) in [5.74, 6) is -0.949. The molecule has 4 aromatic carbocycles. The summed E-state index contributed by atoms with van der Waals surface area (Å²) in [6, 6.07) is 24.5. The van der Waals surface area contributed by atoms with Crippen LogP contribution in [-0.2, 0) is 32.6 Å². The van der Waals surface area contributed by atoms with Gasteiger partial charge in [-0.3, -0.25) is 13.9 Å². The Kier molecular flexibility index (Phi) is 12.4. The minimum Gasteiger partial charge on any atom is -0.352 e. The van der Waals surface area contributed by atoms with Crippen LogP contribution in [0.15, 0.2) is 95.9 Å². The van der Waals surface area contributed by atoms with E-state index in [9.17, 15) is 18.0 Å². The van der Waals surface area contributed by atoms with Crippen LogP contribution in [0.2, 0.25) is 15.1 Å². The molecule has 47 heavy (non-hydrogen) atoms. The summed E-state index contributed by atoms with van der Waals surface area (Å²) < 4.78 is 29.6. The molecule has 0 saturated carbocycles. The van der Waals surface area contributed by atoms with Crippen molar-refractivity contribution in [3.05, 3.63) is 128 Å². The Labute approximate surface area is 292 Å². The normalized spacial score (nSPS) is 12.7. The maximum absolute atomic E-state index is 14.7. The number of carbonyl (C=O) groups is 2. The van der Waals surface area contributed by atoms with Gasteiger partial charge in [0.25, 0.3) is 10.0 Å². The third-order valence-electron chi connectivity index (χ3n) is 7.94. The number of rotatable bonds is 13. The van der Waals surface area contributed by atoms with Gasteiger partial charge < -0.3 is 10.2 Å². The van der Waals surface area contributed by atoms with Gasteiger partial charge in [-0.05, 0) is 80.3 Å². The average Bonchev–Trinajstić information content (AvgIpc) is 3.04. The van der Waals surface area contributed by atoms with Crippen LogP contribution in [0.5, 0.6) is 0 Å². The largest absolute Gasteiger partial charge is 0.352 e. The molecule has 11 heteroatoms. The monoisotopic (exact) mass is 713 g/mol. The molecule has 4 aromatic rings. The first-order chi connectivity index (χ1) is 22.3. The van der Waals surface area contributed by atoms with Crippen LogP contribution in [0.1, 0.15) is 42.5 Å². The van der Waals surface area contributed by atoms with Crippen molar-refractivity contribution in [1.29, 1.82) is 0 Å². The number of carbonyl (C=O) groups excluding carboxylic acids is 2. The van der Waals surface area contributed by atoms with Crippen molar-refractivity contribution in [3.63, 3.8) is 0 Å². The number of anilines is 1. The van der Waals surface area contributed by atoms with Crippen LogP contribution in [0.25, 0.3) is 0 Å². The Bertz CT molecular complexity index is 1820. The summed E-state index contributed by atoms with van der Waals surface area (Å²) in [5, 5.41) is 3.97. The van der Waals surface area contributed by atoms with Crippen LogP contribution in [0.3, 0.4) is 0 Å². The van der Waals surface area contributed by atoms with E-state index in [0.29, 0.717) is 32.6 Å². The number of halogens is 3. The van der Waals surface area contributed by atoms with Crippen molar-refractivity contribution >= 4 is 62.3 Å². The standard InChI is InChI=1S/C36H38Cl3N3O4S/c1-5-26(4)40-36(44)34(20-27-9-7-6-8-10-27)41(22-28-14-18-31(38)32(39)19-28)35(43)23-42(33-21-29(37)15-13-25(33)3)47(45,46)30-16-11-24(2)12-17-30/h6-19,21,26,34H,5,20,22-23H2,1-4H3,(H,40,44)/t26-,34-/m1/s1. The Hall–Kier alpha value is -3.56. The van der Waals surface area contributed by atoms with Crippen molar-refractivity contribution in [3.8, 4) is 0 Å². The lowest BCUT2D eigenvalue weighted by atomic mass is 10.0. The fourth-order valence-corrected chi connectivity index (χ4v) is 6.99. The van der Waals surface area contributed by atoms with Crippen molar-refractivity contribution < 1.29 is 18.0 Å². The van der Waals surface area contributed by atoms with Crippen molar-refractivity contribution in [2.75, 3.05) is 10.8 Å². The molecule has 0 heterocycles. The zero-order valence-electron chi connectivity index (χ0n) is 26.7. The Morgan fingerprint density at radius 1 is 0.830 bits per heavy atom. The van der Waals surface area contributed by atoms with Gasteiger partial charge in [0.2, 0.25) is 11.8 Å². The molecule has 0 aliphatic heterocycles. The van der Waals surface area contributed by atoms with Crippen molar-refractivity contribution in [1.82, 2.24) is 10.2 Å². The summed E-state index contributed by atoms with van der Waals surface area (Å²) in [7, 11) is -4.26. The third kappa shape index (κ3) is 9.29. The SMILES string of the molecule is CC[C@@H](C)NC(=O)[C@@H](Cc1ccccc1)N(Cc1ccc(Cl)c(Cl)c1)C(=O)CN(c1cc(Cl)ccc1C)S(=O)(=O)c1ccc(C)cc1. The second-order valence-electron chi connectivity index (χ2n) is 11.5. The first-order valence-electron chi connectivity index (χ1n) is 15.2. The lowest BCUT2D eigenvalue weighted by molar-refractivity contribution is -0.140. The summed E-state index contributed by atoms with van der Waals surface area (Å²) in [5.41, 5.74) is 3.19. The maximum atomic E-state index is 14.7. The summed E-state index contributed by atoms with van der Waals surface area (Å²) >= 11 is 18.9. The van der Waals surface area contributed by atoms with Gasteiger partial charge in [-0.25, -0.2) is 8.42 Å². The molecule has 0 aliphatic carbocycles. The van der Waals surface area contributed by atoms with E-state index in [2.05, 4.69) is 5.32 Å². The molecule has 0 fully saturated rings. The van der Waals surface area contributed by atoms with E-state index < -0.39 is 28.5 Å². The first kappa shape index (κ1) is 36.3. The lowest BCUT2D eigenvalue weighted by Gasteiger charge is -2.34. The molecule has 0 aromatic heterocycles. The predicted molar refractivity (Wildman–Crippen MR) is 191 cm³/mol. The number of hydrogen-bond acceptors (Lipinski definition) is 4. The summed E-state index contributed by atoms with van der Waals surface area (Å²) in [4.78, 5) is 30.1. The van der Waals surface area contributed by atoms with E-state index in [1.54, 1.807) is 49.4 Å². The van der Waals surface area contributed by atoms with Gasteiger partial charge >= 0.3 is 0 Å². The Morgan fingerprint density at radius 3 is 2.15 bits per heavy atom. The van der Waals surface area contributed by atoms with Gasteiger partial charge in [-0.2, -0.15) is 0 Å². The molecule has 1 N–H and O–H groups in total. The van der Waals surface area contributed by atoms with E-state index >= 15 is 0 Å². The van der Waals surface area contributed by atoms with Crippen LogP contribution in [0.4, 0.5) is 5.69 Å². The number of nitrogens with one attached hydrogen (secondary N) is 1. The number of amides is 2. The third-order valence-corrected chi connectivity index (χ3v) is 10.7. The van der Waals surface area contributed by atoms with Gasteiger partial charge in [0.15, 0.2) is 0 Å². The lowest BCUT2D eigenvalue weighted by Crippen LogP contribution is -2.54. The van der Waals surface area contributed by atoms with Crippen molar-refractivity contribution in [2.45, 2.75) is 64.1 Å². The van der Waals surface area contributed by atoms with Crippen LogP contribution >= 0.6 is 34.8 Å².